The first kappa shape index (κ1) is 23.5. The molecule has 0 aliphatic carbocycles. The Labute approximate surface area is 154 Å². The van der Waals surface area contributed by atoms with Crippen molar-refractivity contribution in [3.8, 4) is 0 Å². The van der Waals surface area contributed by atoms with Crippen LogP contribution in [0.25, 0.3) is 5.57 Å². The number of halogens is 6. The highest BCUT2D eigenvalue weighted by molar-refractivity contribution is 5.62. The van der Waals surface area contributed by atoms with Crippen molar-refractivity contribution in [3.05, 3.63) is 42.0 Å². The summed E-state index contributed by atoms with van der Waals surface area (Å²) >= 11 is 0. The molecule has 154 valence electrons. The van der Waals surface area contributed by atoms with Crippen molar-refractivity contribution >= 4 is 5.57 Å². The van der Waals surface area contributed by atoms with Gasteiger partial charge >= 0.3 is 12.4 Å². The summed E-state index contributed by atoms with van der Waals surface area (Å²) in [4.78, 5) is 0. The molecule has 2 nitrogen and oxygen atoms in total. The lowest BCUT2D eigenvalue weighted by atomic mass is 9.85. The fourth-order valence-electron chi connectivity index (χ4n) is 3.01. The molecule has 0 aliphatic heterocycles. The summed E-state index contributed by atoms with van der Waals surface area (Å²) in [6.07, 6.45) is -14.3. The number of alkyl halides is 6. The van der Waals surface area contributed by atoms with E-state index in [1.807, 2.05) is 0 Å². The molecule has 1 rings (SSSR count). The second kappa shape index (κ2) is 7.83. The number of benzene rings is 1. The minimum Gasteiger partial charge on any atom is -0.372 e. The van der Waals surface area contributed by atoms with Crippen molar-refractivity contribution in [2.45, 2.75) is 70.2 Å². The van der Waals surface area contributed by atoms with Gasteiger partial charge in [0.25, 0.3) is 5.60 Å². The van der Waals surface area contributed by atoms with Crippen LogP contribution in [-0.4, -0.2) is 29.2 Å². The van der Waals surface area contributed by atoms with Crippen LogP contribution in [0.5, 0.6) is 0 Å². The molecule has 1 N–H and O–H groups in total. The number of allylic oxidation sites excluding steroid dienone is 1. The number of rotatable bonds is 7. The van der Waals surface area contributed by atoms with Gasteiger partial charge in [0, 0.05) is 0 Å². The third-order valence-electron chi connectivity index (χ3n) is 4.88. The summed E-state index contributed by atoms with van der Waals surface area (Å²) in [5.74, 6) is 0. The molecule has 0 fully saturated rings. The molecule has 1 aromatic rings. The third kappa shape index (κ3) is 4.32. The van der Waals surface area contributed by atoms with E-state index in [2.05, 4.69) is 6.58 Å². The van der Waals surface area contributed by atoms with Crippen molar-refractivity contribution in [1.29, 1.82) is 0 Å². The molecule has 0 aromatic heterocycles. The first-order chi connectivity index (χ1) is 12.2. The lowest BCUT2D eigenvalue weighted by Gasteiger charge is -2.42. The molecule has 1 aromatic carbocycles. The van der Waals surface area contributed by atoms with Crippen LogP contribution in [0.4, 0.5) is 26.3 Å². The Kier molecular flexibility index (Phi) is 6.82. The van der Waals surface area contributed by atoms with Gasteiger partial charge in [0.15, 0.2) is 0 Å². The van der Waals surface area contributed by atoms with Gasteiger partial charge in [-0.3, -0.25) is 0 Å². The molecule has 27 heavy (non-hydrogen) atoms. The summed E-state index contributed by atoms with van der Waals surface area (Å²) in [6.45, 7) is 9.31. The summed E-state index contributed by atoms with van der Waals surface area (Å²) in [5, 5.41) is 9.61. The monoisotopic (exact) mass is 398 g/mol. The molecule has 0 amide bonds. The SMILES string of the molecule is C=C(C)c1cccc(C(CC)(CC)OC(C)C(O)(C(F)(F)F)C(F)(F)F)c1. The third-order valence-corrected chi connectivity index (χ3v) is 4.88. The second-order valence-corrected chi connectivity index (χ2v) is 6.58. The summed E-state index contributed by atoms with van der Waals surface area (Å²) in [6, 6.07) is 6.56. The van der Waals surface area contributed by atoms with Crippen LogP contribution < -0.4 is 0 Å². The number of hydrogen-bond acceptors (Lipinski definition) is 2. The minimum absolute atomic E-state index is 0.110. The molecule has 0 radical (unpaired) electrons. The van der Waals surface area contributed by atoms with E-state index in [9.17, 15) is 31.4 Å². The zero-order valence-corrected chi connectivity index (χ0v) is 15.6. The van der Waals surface area contributed by atoms with Crippen LogP contribution in [0.1, 0.15) is 51.7 Å². The van der Waals surface area contributed by atoms with Gasteiger partial charge in [0.2, 0.25) is 0 Å². The summed E-state index contributed by atoms with van der Waals surface area (Å²) in [5.41, 5.74) is -4.62. The van der Waals surface area contributed by atoms with E-state index in [4.69, 9.17) is 4.74 Å². The zero-order valence-electron chi connectivity index (χ0n) is 15.6. The maximum Gasteiger partial charge on any atom is 0.428 e. The van der Waals surface area contributed by atoms with Crippen molar-refractivity contribution in [2.75, 3.05) is 0 Å². The summed E-state index contributed by atoms with van der Waals surface area (Å²) in [7, 11) is 0. The highest BCUT2D eigenvalue weighted by atomic mass is 19.4. The van der Waals surface area contributed by atoms with Crippen molar-refractivity contribution < 1.29 is 36.2 Å². The minimum atomic E-state index is -5.95. The maximum absolute atomic E-state index is 13.1. The lowest BCUT2D eigenvalue weighted by molar-refractivity contribution is -0.400. The average molecular weight is 398 g/mol. The Morgan fingerprint density at radius 2 is 1.56 bits per heavy atom. The van der Waals surface area contributed by atoms with E-state index in [1.54, 1.807) is 45.0 Å². The molecular formula is C19H24F6O2. The predicted octanol–water partition coefficient (Wildman–Crippen LogP) is 6.00. The van der Waals surface area contributed by atoms with Crippen LogP contribution in [0.2, 0.25) is 0 Å². The van der Waals surface area contributed by atoms with Gasteiger partial charge in [-0.15, -0.1) is 0 Å². The Balaban J connectivity index is 3.45. The van der Waals surface area contributed by atoms with Crippen LogP contribution in [0.3, 0.4) is 0 Å². The summed E-state index contributed by atoms with van der Waals surface area (Å²) < 4.78 is 84.2. The Morgan fingerprint density at radius 3 is 1.93 bits per heavy atom. The average Bonchev–Trinajstić information content (AvgIpc) is 2.56. The van der Waals surface area contributed by atoms with Gasteiger partial charge in [-0.2, -0.15) is 26.3 Å². The Morgan fingerprint density at radius 1 is 1.07 bits per heavy atom. The van der Waals surface area contributed by atoms with Crippen LogP contribution in [0.15, 0.2) is 30.8 Å². The van der Waals surface area contributed by atoms with Crippen molar-refractivity contribution in [1.82, 2.24) is 0 Å². The van der Waals surface area contributed by atoms with Crippen molar-refractivity contribution in [2.24, 2.45) is 0 Å². The molecule has 1 unspecified atom stereocenters. The molecule has 8 heteroatoms. The molecule has 0 saturated carbocycles. The van der Waals surface area contributed by atoms with Gasteiger partial charge in [0.05, 0.1) is 5.60 Å². The predicted molar refractivity (Wildman–Crippen MR) is 91.0 cm³/mol. The fraction of sp³-hybridized carbons (Fsp3) is 0.579. The Bertz CT molecular complexity index is 645. The largest absolute Gasteiger partial charge is 0.428 e. The van der Waals surface area contributed by atoms with Crippen LogP contribution >= 0.6 is 0 Å². The van der Waals surface area contributed by atoms with Gasteiger partial charge in [-0.25, -0.2) is 0 Å². The van der Waals surface area contributed by atoms with E-state index < -0.39 is 29.7 Å². The van der Waals surface area contributed by atoms with E-state index in [-0.39, 0.29) is 12.8 Å². The van der Waals surface area contributed by atoms with Gasteiger partial charge in [-0.05, 0) is 43.9 Å². The Hall–Kier alpha value is -1.54. The highest BCUT2D eigenvalue weighted by Crippen LogP contribution is 2.48. The van der Waals surface area contributed by atoms with E-state index in [1.165, 1.54) is 0 Å². The van der Waals surface area contributed by atoms with Gasteiger partial charge in [0.1, 0.15) is 6.10 Å². The smallest absolute Gasteiger partial charge is 0.372 e. The van der Waals surface area contributed by atoms with E-state index in [0.29, 0.717) is 23.6 Å². The zero-order chi connectivity index (χ0) is 21.3. The molecule has 0 bridgehead atoms. The molecular weight excluding hydrogens is 374 g/mol. The van der Waals surface area contributed by atoms with Gasteiger partial charge in [-0.1, -0.05) is 44.2 Å². The van der Waals surface area contributed by atoms with E-state index >= 15 is 0 Å². The first-order valence-corrected chi connectivity index (χ1v) is 8.46. The topological polar surface area (TPSA) is 29.5 Å². The molecule has 0 aliphatic rings. The second-order valence-electron chi connectivity index (χ2n) is 6.58. The van der Waals surface area contributed by atoms with Crippen molar-refractivity contribution in [3.63, 3.8) is 0 Å². The first-order valence-electron chi connectivity index (χ1n) is 8.46. The molecule has 0 spiro atoms. The molecule has 0 saturated heterocycles. The molecule has 1 atom stereocenters. The lowest BCUT2D eigenvalue weighted by Crippen LogP contribution is -2.65. The molecule has 0 heterocycles. The van der Waals surface area contributed by atoms with E-state index in [0.717, 1.165) is 0 Å². The van der Waals surface area contributed by atoms with Gasteiger partial charge < -0.3 is 9.84 Å². The maximum atomic E-state index is 13.1. The van der Waals surface area contributed by atoms with Crippen LogP contribution in [0, 0.1) is 0 Å². The highest BCUT2D eigenvalue weighted by Gasteiger charge is 2.74. The standard InChI is InChI=1S/C19H24F6O2/c1-6-16(7-2,15-10-8-9-14(11-15)12(3)4)27-13(5)17(26,18(20,21)22)19(23,24)25/h8-11,13,26H,3,6-7H2,1-2,4-5H3. The number of ether oxygens (including phenoxy) is 1. The fourth-order valence-corrected chi connectivity index (χ4v) is 3.01. The number of aliphatic hydroxyl groups is 1. The quantitative estimate of drug-likeness (QED) is 0.571. The number of hydrogen-bond donors (Lipinski definition) is 1. The van der Waals surface area contributed by atoms with Crippen LogP contribution in [-0.2, 0) is 10.3 Å². The normalized spacial score (nSPS) is 14.9.